The van der Waals surface area contributed by atoms with Crippen LogP contribution in [-0.2, 0) is 4.79 Å². The van der Waals surface area contributed by atoms with Gasteiger partial charge in [-0.25, -0.2) is 0 Å². The lowest BCUT2D eigenvalue weighted by molar-refractivity contribution is -0.142. The topological polar surface area (TPSA) is 75.6 Å². The van der Waals surface area contributed by atoms with Gasteiger partial charge in [0.15, 0.2) is 0 Å². The van der Waals surface area contributed by atoms with E-state index < -0.39 is 5.97 Å². The highest BCUT2D eigenvalue weighted by Gasteiger charge is 2.28. The minimum atomic E-state index is -0.744. The molecule has 25 heavy (non-hydrogen) atoms. The average molecular weight is 366 g/mol. The third-order valence-electron chi connectivity index (χ3n) is 5.19. The summed E-state index contributed by atoms with van der Waals surface area (Å²) >= 11 is 6.07. The molecule has 0 atom stereocenters. The first-order valence-electron chi connectivity index (χ1n) is 9.03. The molecule has 0 unspecified atom stereocenters. The summed E-state index contributed by atoms with van der Waals surface area (Å²) in [4.78, 5) is 23.7. The average Bonchev–Trinajstić information content (AvgIpc) is 3.10. The lowest BCUT2D eigenvalue weighted by Gasteiger charge is -2.27. The van der Waals surface area contributed by atoms with E-state index in [2.05, 4.69) is 5.32 Å². The van der Waals surface area contributed by atoms with Gasteiger partial charge in [-0.15, -0.1) is 0 Å². The van der Waals surface area contributed by atoms with Crippen molar-refractivity contribution in [3.8, 4) is 5.75 Å². The zero-order valence-corrected chi connectivity index (χ0v) is 14.9. The first-order chi connectivity index (χ1) is 12.0. The normalized spacial score (nSPS) is 24.0. The van der Waals surface area contributed by atoms with Crippen LogP contribution in [0.3, 0.4) is 0 Å². The van der Waals surface area contributed by atoms with Gasteiger partial charge in [-0.3, -0.25) is 9.59 Å². The third-order valence-corrected chi connectivity index (χ3v) is 5.43. The molecular formula is C19H24ClNO4. The van der Waals surface area contributed by atoms with Crippen LogP contribution in [0, 0.1) is 5.92 Å². The lowest BCUT2D eigenvalue weighted by Crippen LogP contribution is -2.39. The number of benzene rings is 1. The van der Waals surface area contributed by atoms with E-state index in [9.17, 15) is 9.59 Å². The number of halogens is 1. The second kappa shape index (κ2) is 8.09. The van der Waals surface area contributed by atoms with E-state index in [1.54, 1.807) is 18.2 Å². The van der Waals surface area contributed by atoms with Gasteiger partial charge < -0.3 is 15.2 Å². The molecule has 136 valence electrons. The number of carboxylic acids is 1. The van der Waals surface area contributed by atoms with Crippen LogP contribution in [0.5, 0.6) is 5.75 Å². The molecule has 2 fully saturated rings. The second-order valence-electron chi connectivity index (χ2n) is 7.03. The lowest BCUT2D eigenvalue weighted by atomic mass is 9.86. The van der Waals surface area contributed by atoms with Crippen molar-refractivity contribution in [1.29, 1.82) is 0 Å². The highest BCUT2D eigenvalue weighted by Crippen LogP contribution is 2.30. The molecule has 6 heteroatoms. The molecular weight excluding hydrogens is 342 g/mol. The van der Waals surface area contributed by atoms with Crippen LogP contribution in [0.1, 0.15) is 61.7 Å². The SMILES string of the molecule is O=C(NC1CCC(C(=O)O)CC1)c1cc(Cl)ccc1OC1CCCC1. The van der Waals surface area contributed by atoms with Crippen LogP contribution in [-0.4, -0.2) is 29.1 Å². The zero-order valence-electron chi connectivity index (χ0n) is 14.2. The molecule has 5 nitrogen and oxygen atoms in total. The Morgan fingerprint density at radius 3 is 2.40 bits per heavy atom. The van der Waals surface area contributed by atoms with Crippen LogP contribution in [0.4, 0.5) is 0 Å². The Kier molecular flexibility index (Phi) is 5.84. The van der Waals surface area contributed by atoms with E-state index >= 15 is 0 Å². The van der Waals surface area contributed by atoms with E-state index in [1.807, 2.05) is 0 Å². The van der Waals surface area contributed by atoms with Crippen LogP contribution in [0.15, 0.2) is 18.2 Å². The minimum Gasteiger partial charge on any atom is -0.490 e. The molecule has 2 aliphatic rings. The van der Waals surface area contributed by atoms with Gasteiger partial charge in [0, 0.05) is 11.1 Å². The molecule has 1 aromatic carbocycles. The van der Waals surface area contributed by atoms with E-state index in [0.717, 1.165) is 25.7 Å². The van der Waals surface area contributed by atoms with Crippen LogP contribution >= 0.6 is 11.6 Å². The molecule has 3 rings (SSSR count). The molecule has 0 aromatic heterocycles. The molecule has 0 spiro atoms. The van der Waals surface area contributed by atoms with Crippen LogP contribution in [0.25, 0.3) is 0 Å². The fourth-order valence-electron chi connectivity index (χ4n) is 3.72. The van der Waals surface area contributed by atoms with Crippen LogP contribution < -0.4 is 10.1 Å². The van der Waals surface area contributed by atoms with Crippen molar-refractivity contribution in [3.05, 3.63) is 28.8 Å². The fourth-order valence-corrected chi connectivity index (χ4v) is 3.89. The highest BCUT2D eigenvalue weighted by atomic mass is 35.5. The van der Waals surface area contributed by atoms with Gasteiger partial charge in [-0.2, -0.15) is 0 Å². The Hall–Kier alpha value is -1.75. The van der Waals surface area contributed by atoms with Crippen molar-refractivity contribution in [1.82, 2.24) is 5.32 Å². The maximum absolute atomic E-state index is 12.7. The Morgan fingerprint density at radius 2 is 1.76 bits per heavy atom. The molecule has 0 aliphatic heterocycles. The first kappa shape index (κ1) is 18.1. The third kappa shape index (κ3) is 4.66. The van der Waals surface area contributed by atoms with E-state index in [1.165, 1.54) is 0 Å². The van der Waals surface area contributed by atoms with Crippen molar-refractivity contribution >= 4 is 23.5 Å². The predicted octanol–water partition coefficient (Wildman–Crippen LogP) is 4.03. The number of carbonyl (C=O) groups is 2. The molecule has 0 bridgehead atoms. The maximum atomic E-state index is 12.7. The van der Waals surface area contributed by atoms with Gasteiger partial charge in [-0.05, 0) is 69.6 Å². The molecule has 0 heterocycles. The van der Waals surface area contributed by atoms with Crippen molar-refractivity contribution in [2.24, 2.45) is 5.92 Å². The summed E-state index contributed by atoms with van der Waals surface area (Å²) in [7, 11) is 0. The summed E-state index contributed by atoms with van der Waals surface area (Å²) in [6, 6.07) is 5.14. The Labute approximate surface area is 152 Å². The Balaban J connectivity index is 1.65. The number of nitrogens with one attached hydrogen (secondary N) is 1. The van der Waals surface area contributed by atoms with Gasteiger partial charge in [0.25, 0.3) is 5.91 Å². The van der Waals surface area contributed by atoms with Crippen molar-refractivity contribution in [2.75, 3.05) is 0 Å². The summed E-state index contributed by atoms with van der Waals surface area (Å²) < 4.78 is 6.02. The molecule has 1 aromatic rings. The number of hydrogen-bond acceptors (Lipinski definition) is 3. The molecule has 1 amide bonds. The fraction of sp³-hybridized carbons (Fsp3) is 0.579. The van der Waals surface area contributed by atoms with Gasteiger partial charge in [0.05, 0.1) is 17.6 Å². The van der Waals surface area contributed by atoms with Crippen molar-refractivity contribution in [2.45, 2.75) is 63.5 Å². The van der Waals surface area contributed by atoms with E-state index in [-0.39, 0.29) is 24.0 Å². The van der Waals surface area contributed by atoms with Gasteiger partial charge >= 0.3 is 5.97 Å². The summed E-state index contributed by atoms with van der Waals surface area (Å²) in [6.07, 6.45) is 7.08. The standard InChI is InChI=1S/C19H24ClNO4/c20-13-7-10-17(25-15-3-1-2-4-15)16(11-13)18(22)21-14-8-5-12(6-9-14)19(23)24/h7,10-12,14-15H,1-6,8-9H2,(H,21,22)(H,23,24). The highest BCUT2D eigenvalue weighted by molar-refractivity contribution is 6.31. The largest absolute Gasteiger partial charge is 0.490 e. The molecule has 2 N–H and O–H groups in total. The van der Waals surface area contributed by atoms with Crippen molar-refractivity contribution < 1.29 is 19.4 Å². The van der Waals surface area contributed by atoms with Gasteiger partial charge in [0.1, 0.15) is 5.75 Å². The van der Waals surface area contributed by atoms with Crippen LogP contribution in [0.2, 0.25) is 5.02 Å². The summed E-state index contributed by atoms with van der Waals surface area (Å²) in [5.41, 5.74) is 0.458. The monoisotopic (exact) mass is 365 g/mol. The summed E-state index contributed by atoms with van der Waals surface area (Å²) in [5.74, 6) is -0.658. The Morgan fingerprint density at radius 1 is 1.08 bits per heavy atom. The van der Waals surface area contributed by atoms with E-state index in [4.69, 9.17) is 21.4 Å². The van der Waals surface area contributed by atoms with E-state index in [0.29, 0.717) is 42.0 Å². The summed E-state index contributed by atoms with van der Waals surface area (Å²) in [6.45, 7) is 0. The molecule has 2 saturated carbocycles. The maximum Gasteiger partial charge on any atom is 0.306 e. The number of hydrogen-bond donors (Lipinski definition) is 2. The van der Waals surface area contributed by atoms with Gasteiger partial charge in [-0.1, -0.05) is 11.6 Å². The molecule has 0 radical (unpaired) electrons. The number of carbonyl (C=O) groups excluding carboxylic acids is 1. The van der Waals surface area contributed by atoms with Crippen molar-refractivity contribution in [3.63, 3.8) is 0 Å². The predicted molar refractivity (Wildman–Crippen MR) is 95.2 cm³/mol. The number of rotatable bonds is 5. The summed E-state index contributed by atoms with van der Waals surface area (Å²) in [5, 5.41) is 12.6. The first-order valence-corrected chi connectivity index (χ1v) is 9.40. The number of ether oxygens (including phenoxy) is 1. The number of aliphatic carboxylic acids is 1. The minimum absolute atomic E-state index is 0.00131. The number of amides is 1. The quantitative estimate of drug-likeness (QED) is 0.825. The number of carboxylic acid groups (broad SMARTS) is 1. The second-order valence-corrected chi connectivity index (χ2v) is 7.46. The zero-order chi connectivity index (χ0) is 17.8. The van der Waals surface area contributed by atoms with Gasteiger partial charge in [0.2, 0.25) is 0 Å². The Bertz CT molecular complexity index is 634. The molecule has 0 saturated heterocycles. The molecule has 2 aliphatic carbocycles. The smallest absolute Gasteiger partial charge is 0.306 e.